The van der Waals surface area contributed by atoms with Gasteiger partial charge in [-0.05, 0) is 12.7 Å². The van der Waals surface area contributed by atoms with Gasteiger partial charge in [0.25, 0.3) is 0 Å². The van der Waals surface area contributed by atoms with Crippen LogP contribution in [-0.4, -0.2) is 27.4 Å². The maximum Gasteiger partial charge on any atom is 0.193 e. The van der Waals surface area contributed by atoms with Crippen LogP contribution < -0.4 is 5.32 Å². The molecule has 5 heteroatoms. The third-order valence-corrected chi connectivity index (χ3v) is 4.08. The Bertz CT molecular complexity index is 407. The first-order chi connectivity index (χ1) is 7.83. The summed E-state index contributed by atoms with van der Waals surface area (Å²) in [5.74, 6) is 1.17. The minimum Gasteiger partial charge on any atom is -0.308 e. The largest absolute Gasteiger partial charge is 0.308 e. The van der Waals surface area contributed by atoms with Gasteiger partial charge in [0.1, 0.15) is 0 Å². The molecule has 0 saturated heterocycles. The number of nitrogens with one attached hydrogen (secondary N) is 1. The third kappa shape index (κ3) is 2.78. The highest BCUT2D eigenvalue weighted by atomic mass is 32.2. The molecule has 2 rings (SSSR count). The van der Waals surface area contributed by atoms with Gasteiger partial charge < -0.3 is 5.32 Å². The van der Waals surface area contributed by atoms with Gasteiger partial charge in [-0.3, -0.25) is 4.40 Å². The van der Waals surface area contributed by atoms with E-state index < -0.39 is 0 Å². The highest BCUT2D eigenvalue weighted by molar-refractivity contribution is 7.98. The molecule has 0 bridgehead atoms. The molecule has 1 N–H and O–H groups in total. The van der Waals surface area contributed by atoms with E-state index in [-0.39, 0.29) is 0 Å². The Kier molecular flexibility index (Phi) is 4.26. The zero-order valence-corrected chi connectivity index (χ0v) is 11.3. The molecule has 0 aromatic carbocycles. The number of rotatable bonds is 6. The van der Waals surface area contributed by atoms with Crippen LogP contribution in [0, 0.1) is 0 Å². The lowest BCUT2D eigenvalue weighted by Gasteiger charge is -2.14. The van der Waals surface area contributed by atoms with Gasteiger partial charge in [-0.15, -0.1) is 11.3 Å². The van der Waals surface area contributed by atoms with Gasteiger partial charge in [0.05, 0.1) is 5.69 Å². The molecule has 88 valence electrons. The Morgan fingerprint density at radius 2 is 2.50 bits per heavy atom. The summed E-state index contributed by atoms with van der Waals surface area (Å²) in [5, 5.41) is 5.60. The van der Waals surface area contributed by atoms with E-state index in [9.17, 15) is 0 Å². The van der Waals surface area contributed by atoms with Crippen LogP contribution >= 0.6 is 23.1 Å². The predicted octanol–water partition coefficient (Wildman–Crippen LogP) is 2.63. The molecule has 1 unspecified atom stereocenters. The van der Waals surface area contributed by atoms with Gasteiger partial charge in [-0.25, -0.2) is 4.98 Å². The van der Waals surface area contributed by atoms with E-state index in [2.05, 4.69) is 45.7 Å². The smallest absolute Gasteiger partial charge is 0.193 e. The third-order valence-electron chi connectivity index (χ3n) is 2.58. The van der Waals surface area contributed by atoms with Gasteiger partial charge in [0, 0.05) is 36.1 Å². The molecule has 2 heterocycles. The van der Waals surface area contributed by atoms with E-state index in [1.807, 2.05) is 11.8 Å². The summed E-state index contributed by atoms with van der Waals surface area (Å²) in [5.41, 5.74) is 1.13. The second-order valence-electron chi connectivity index (χ2n) is 3.77. The van der Waals surface area contributed by atoms with E-state index in [0.29, 0.717) is 6.04 Å². The SMILES string of the molecule is CCC(CSC)NCc1cn2ccsc2n1. The summed E-state index contributed by atoms with van der Waals surface area (Å²) in [6, 6.07) is 0.592. The quantitative estimate of drug-likeness (QED) is 0.860. The van der Waals surface area contributed by atoms with Crippen LogP contribution in [0.4, 0.5) is 0 Å². The highest BCUT2D eigenvalue weighted by Crippen LogP contribution is 2.11. The number of aromatic nitrogens is 2. The Morgan fingerprint density at radius 1 is 1.62 bits per heavy atom. The number of fused-ring (bicyclic) bond motifs is 1. The molecule has 0 radical (unpaired) electrons. The molecule has 0 aliphatic carbocycles. The second kappa shape index (κ2) is 5.70. The van der Waals surface area contributed by atoms with E-state index in [1.54, 1.807) is 11.3 Å². The lowest BCUT2D eigenvalue weighted by molar-refractivity contribution is 0.537. The van der Waals surface area contributed by atoms with Crippen LogP contribution in [0.5, 0.6) is 0 Å². The van der Waals surface area contributed by atoms with Crippen molar-refractivity contribution in [3.05, 3.63) is 23.5 Å². The van der Waals surface area contributed by atoms with Crippen molar-refractivity contribution < 1.29 is 0 Å². The van der Waals surface area contributed by atoms with Crippen molar-refractivity contribution in [2.45, 2.75) is 25.9 Å². The van der Waals surface area contributed by atoms with Crippen molar-refractivity contribution in [2.75, 3.05) is 12.0 Å². The van der Waals surface area contributed by atoms with Crippen LogP contribution in [0.3, 0.4) is 0 Å². The molecule has 2 aromatic heterocycles. The van der Waals surface area contributed by atoms with E-state index in [1.165, 1.54) is 12.2 Å². The molecule has 1 atom stereocenters. The summed E-state index contributed by atoms with van der Waals surface area (Å²) in [6.07, 6.45) is 7.47. The summed E-state index contributed by atoms with van der Waals surface area (Å²) in [6.45, 7) is 3.09. The van der Waals surface area contributed by atoms with E-state index in [0.717, 1.165) is 17.2 Å². The molecular formula is C11H17N3S2. The lowest BCUT2D eigenvalue weighted by atomic mass is 10.2. The summed E-state index contributed by atoms with van der Waals surface area (Å²) >= 11 is 3.57. The Labute approximate surface area is 104 Å². The molecule has 0 spiro atoms. The zero-order valence-electron chi connectivity index (χ0n) is 9.64. The number of imidazole rings is 1. The predicted molar refractivity (Wildman–Crippen MR) is 72.4 cm³/mol. The monoisotopic (exact) mass is 255 g/mol. The van der Waals surface area contributed by atoms with Crippen molar-refractivity contribution >= 4 is 28.1 Å². The molecule has 16 heavy (non-hydrogen) atoms. The van der Waals surface area contributed by atoms with Crippen LogP contribution in [-0.2, 0) is 6.54 Å². The Hall–Kier alpha value is -0.520. The maximum absolute atomic E-state index is 4.55. The molecule has 0 aliphatic rings. The Balaban J connectivity index is 1.92. The van der Waals surface area contributed by atoms with Crippen molar-refractivity contribution in [1.82, 2.24) is 14.7 Å². The molecular weight excluding hydrogens is 238 g/mol. The zero-order chi connectivity index (χ0) is 11.4. The first-order valence-corrected chi connectivity index (χ1v) is 7.74. The number of thioether (sulfide) groups is 1. The number of hydrogen-bond acceptors (Lipinski definition) is 4. The van der Waals surface area contributed by atoms with Gasteiger partial charge >= 0.3 is 0 Å². The molecule has 0 fully saturated rings. The van der Waals surface area contributed by atoms with Gasteiger partial charge in [-0.1, -0.05) is 6.92 Å². The normalized spacial score (nSPS) is 13.4. The minimum absolute atomic E-state index is 0.592. The number of thiazole rings is 1. The van der Waals surface area contributed by atoms with Crippen LogP contribution in [0.1, 0.15) is 19.0 Å². The number of hydrogen-bond donors (Lipinski definition) is 1. The molecule has 0 saturated carbocycles. The van der Waals surface area contributed by atoms with Gasteiger partial charge in [0.2, 0.25) is 0 Å². The van der Waals surface area contributed by atoms with Crippen LogP contribution in [0.15, 0.2) is 17.8 Å². The summed E-state index contributed by atoms with van der Waals surface area (Å²) in [4.78, 5) is 5.63. The highest BCUT2D eigenvalue weighted by Gasteiger charge is 2.06. The molecule has 0 aliphatic heterocycles. The summed E-state index contributed by atoms with van der Waals surface area (Å²) in [7, 11) is 0. The van der Waals surface area contributed by atoms with E-state index in [4.69, 9.17) is 0 Å². The average Bonchev–Trinajstić information content (AvgIpc) is 2.84. The average molecular weight is 255 g/mol. The van der Waals surface area contributed by atoms with Crippen molar-refractivity contribution in [3.8, 4) is 0 Å². The fourth-order valence-electron chi connectivity index (χ4n) is 1.63. The van der Waals surface area contributed by atoms with Gasteiger partial charge in [-0.2, -0.15) is 11.8 Å². The fourth-order valence-corrected chi connectivity index (χ4v) is 3.11. The lowest BCUT2D eigenvalue weighted by Crippen LogP contribution is -2.30. The van der Waals surface area contributed by atoms with Crippen LogP contribution in [0.25, 0.3) is 4.96 Å². The summed E-state index contributed by atoms with van der Waals surface area (Å²) < 4.78 is 2.08. The molecule has 0 amide bonds. The topological polar surface area (TPSA) is 29.3 Å². The first-order valence-electron chi connectivity index (χ1n) is 5.47. The molecule has 2 aromatic rings. The van der Waals surface area contributed by atoms with Crippen molar-refractivity contribution in [3.63, 3.8) is 0 Å². The fraction of sp³-hybridized carbons (Fsp3) is 0.545. The second-order valence-corrected chi connectivity index (χ2v) is 5.55. The van der Waals surface area contributed by atoms with Crippen LogP contribution in [0.2, 0.25) is 0 Å². The minimum atomic E-state index is 0.592. The maximum atomic E-state index is 4.55. The van der Waals surface area contributed by atoms with Crippen molar-refractivity contribution in [2.24, 2.45) is 0 Å². The van der Waals surface area contributed by atoms with Crippen molar-refractivity contribution in [1.29, 1.82) is 0 Å². The molecule has 3 nitrogen and oxygen atoms in total. The van der Waals surface area contributed by atoms with Gasteiger partial charge in [0.15, 0.2) is 4.96 Å². The van der Waals surface area contributed by atoms with E-state index >= 15 is 0 Å². The Morgan fingerprint density at radius 3 is 3.19 bits per heavy atom. The first kappa shape index (κ1) is 12.0. The standard InChI is InChI=1S/C11H17N3S2/c1-3-9(8-15-2)12-6-10-7-14-4-5-16-11(14)13-10/h4-5,7,9,12H,3,6,8H2,1-2H3. The number of nitrogens with zero attached hydrogens (tertiary/aromatic N) is 2.